The van der Waals surface area contributed by atoms with Gasteiger partial charge in [0.2, 0.25) is 0 Å². The Hall–Kier alpha value is -2.89. The molecule has 158 valence electrons. The molecule has 6 heteroatoms. The summed E-state index contributed by atoms with van der Waals surface area (Å²) in [5.74, 6) is 0.276. The molecule has 3 aromatic rings. The lowest BCUT2D eigenvalue weighted by atomic mass is 9.97. The van der Waals surface area contributed by atoms with Crippen molar-refractivity contribution in [3.05, 3.63) is 41.5 Å². The maximum absolute atomic E-state index is 13.0. The molecule has 6 nitrogen and oxygen atoms in total. The van der Waals surface area contributed by atoms with Crippen molar-refractivity contribution in [2.75, 3.05) is 12.3 Å². The van der Waals surface area contributed by atoms with Crippen LogP contribution in [0.5, 0.6) is 0 Å². The molecule has 2 N–H and O–H groups in total. The summed E-state index contributed by atoms with van der Waals surface area (Å²) in [5, 5.41) is 0. The average Bonchev–Trinajstić information content (AvgIpc) is 3.05. The molecule has 1 aliphatic carbocycles. The Labute approximate surface area is 177 Å². The van der Waals surface area contributed by atoms with Gasteiger partial charge in [0.15, 0.2) is 5.65 Å². The molecular formula is C24H30N4O2. The number of para-hydroxylation sites is 2. The van der Waals surface area contributed by atoms with E-state index in [4.69, 9.17) is 20.4 Å². The largest absolute Gasteiger partial charge is 0.462 e. The summed E-state index contributed by atoms with van der Waals surface area (Å²) < 4.78 is 7.51. The summed E-state index contributed by atoms with van der Waals surface area (Å²) in [6.45, 7) is 5.19. The molecule has 1 aliphatic rings. The lowest BCUT2D eigenvalue weighted by Gasteiger charge is -2.14. The highest BCUT2D eigenvalue weighted by Crippen LogP contribution is 2.30. The molecule has 2 aromatic heterocycles. The molecular weight excluding hydrogens is 376 g/mol. The van der Waals surface area contributed by atoms with Gasteiger partial charge in [-0.1, -0.05) is 44.1 Å². The average molecular weight is 407 g/mol. The van der Waals surface area contributed by atoms with Crippen molar-refractivity contribution in [3.63, 3.8) is 0 Å². The summed E-state index contributed by atoms with van der Waals surface area (Å²) in [7, 11) is 0. The summed E-state index contributed by atoms with van der Waals surface area (Å²) in [5.41, 5.74) is 11.0. The van der Waals surface area contributed by atoms with Crippen LogP contribution < -0.4 is 5.73 Å². The minimum atomic E-state index is -0.419. The van der Waals surface area contributed by atoms with Crippen LogP contribution in [0.1, 0.15) is 62.7 Å². The van der Waals surface area contributed by atoms with Crippen molar-refractivity contribution in [1.29, 1.82) is 0 Å². The van der Waals surface area contributed by atoms with E-state index in [1.165, 1.54) is 18.4 Å². The Balaban J connectivity index is 1.75. The number of nitrogens with two attached hydrogens (primary N) is 1. The van der Waals surface area contributed by atoms with Crippen LogP contribution in [0.25, 0.3) is 22.2 Å². The number of carbonyl (C=O) groups excluding carboxylic acids is 1. The summed E-state index contributed by atoms with van der Waals surface area (Å²) in [6.07, 6.45) is 8.99. The Morgan fingerprint density at radius 2 is 2.00 bits per heavy atom. The second-order valence-electron chi connectivity index (χ2n) is 8.27. The number of hydrogen-bond acceptors (Lipinski definition) is 5. The van der Waals surface area contributed by atoms with E-state index >= 15 is 0 Å². The van der Waals surface area contributed by atoms with Crippen LogP contribution in [0.2, 0.25) is 0 Å². The fraction of sp³-hybridized carbons (Fsp3) is 0.458. The fourth-order valence-electron chi connectivity index (χ4n) is 3.94. The monoisotopic (exact) mass is 406 g/mol. The first-order valence-corrected chi connectivity index (χ1v) is 11.0. The van der Waals surface area contributed by atoms with Gasteiger partial charge in [0.25, 0.3) is 0 Å². The summed E-state index contributed by atoms with van der Waals surface area (Å²) >= 11 is 0. The van der Waals surface area contributed by atoms with Crippen LogP contribution >= 0.6 is 0 Å². The predicted molar refractivity (Wildman–Crippen MR) is 120 cm³/mol. The van der Waals surface area contributed by atoms with E-state index in [-0.39, 0.29) is 0 Å². The Kier molecular flexibility index (Phi) is 6.02. The second-order valence-corrected chi connectivity index (χ2v) is 8.27. The normalized spacial score (nSPS) is 15.3. The number of hydrogen-bond donors (Lipinski definition) is 1. The number of fused-ring (bicyclic) bond motifs is 2. The molecule has 30 heavy (non-hydrogen) atoms. The van der Waals surface area contributed by atoms with E-state index in [0.717, 1.165) is 36.7 Å². The molecule has 0 bridgehead atoms. The molecule has 1 aromatic carbocycles. The van der Waals surface area contributed by atoms with E-state index < -0.39 is 5.97 Å². The molecule has 0 spiro atoms. The highest BCUT2D eigenvalue weighted by atomic mass is 16.5. The standard InChI is InChI=1S/C24H30N4O2/c1-3-16(2)15-30-24(29)20-21-23(27-19-12-8-7-11-18(19)26-21)28(22(20)25)14-13-17-9-5-4-6-10-17/h7-9,11-12,16H,3-6,10,13-15,25H2,1-2H3/t16-/m0/s1. The Morgan fingerprint density at radius 3 is 2.70 bits per heavy atom. The SMILES string of the molecule is CC[C@H](C)COC(=O)c1c(N)n(CCC2=CCCCC2)c2nc3ccccc3nc12. The quantitative estimate of drug-likeness (QED) is 0.427. The number of esters is 1. The third kappa shape index (κ3) is 4.04. The van der Waals surface area contributed by atoms with Gasteiger partial charge in [-0.3, -0.25) is 0 Å². The van der Waals surface area contributed by atoms with Crippen LogP contribution in [0.3, 0.4) is 0 Å². The molecule has 0 saturated heterocycles. The Morgan fingerprint density at radius 1 is 1.23 bits per heavy atom. The van der Waals surface area contributed by atoms with E-state index in [0.29, 0.717) is 41.6 Å². The zero-order valence-corrected chi connectivity index (χ0v) is 17.9. The van der Waals surface area contributed by atoms with Crippen molar-refractivity contribution < 1.29 is 9.53 Å². The number of rotatable bonds is 7. The van der Waals surface area contributed by atoms with E-state index in [1.54, 1.807) is 0 Å². The number of anilines is 1. The number of carbonyl (C=O) groups is 1. The van der Waals surface area contributed by atoms with Crippen molar-refractivity contribution in [2.24, 2.45) is 5.92 Å². The maximum Gasteiger partial charge on any atom is 0.344 e. The molecule has 0 aliphatic heterocycles. The molecule has 0 radical (unpaired) electrons. The molecule has 2 heterocycles. The fourth-order valence-corrected chi connectivity index (χ4v) is 3.94. The lowest BCUT2D eigenvalue weighted by molar-refractivity contribution is 0.0450. The molecule has 0 unspecified atom stereocenters. The van der Waals surface area contributed by atoms with Gasteiger partial charge in [-0.05, 0) is 50.2 Å². The number of allylic oxidation sites excluding steroid dienone is 2. The predicted octanol–water partition coefficient (Wildman–Crippen LogP) is 5.26. The van der Waals surface area contributed by atoms with Gasteiger partial charge in [0.05, 0.1) is 17.6 Å². The molecule has 0 fully saturated rings. The Bertz CT molecular complexity index is 1100. The number of nitrogens with zero attached hydrogens (tertiary/aromatic N) is 3. The van der Waals surface area contributed by atoms with Crippen LogP contribution in [0.15, 0.2) is 35.9 Å². The van der Waals surface area contributed by atoms with Crippen LogP contribution in [0, 0.1) is 5.92 Å². The van der Waals surface area contributed by atoms with Gasteiger partial charge < -0.3 is 15.0 Å². The molecule has 4 rings (SSSR count). The molecule has 0 saturated carbocycles. The van der Waals surface area contributed by atoms with E-state index in [2.05, 4.69) is 19.9 Å². The van der Waals surface area contributed by atoms with E-state index in [9.17, 15) is 4.79 Å². The third-order valence-corrected chi connectivity index (χ3v) is 6.03. The first kappa shape index (κ1) is 20.4. The third-order valence-electron chi connectivity index (χ3n) is 6.03. The van der Waals surface area contributed by atoms with Crippen molar-refractivity contribution in [3.8, 4) is 0 Å². The number of aryl methyl sites for hydroxylation is 1. The zero-order valence-electron chi connectivity index (χ0n) is 17.9. The molecule has 1 atom stereocenters. The smallest absolute Gasteiger partial charge is 0.344 e. The number of nitrogen functional groups attached to an aromatic ring is 1. The van der Waals surface area contributed by atoms with Crippen molar-refractivity contribution in [2.45, 2.75) is 58.9 Å². The highest BCUT2D eigenvalue weighted by Gasteiger charge is 2.25. The minimum absolute atomic E-state index is 0.300. The summed E-state index contributed by atoms with van der Waals surface area (Å²) in [4.78, 5) is 22.5. The summed E-state index contributed by atoms with van der Waals surface area (Å²) in [6, 6.07) is 7.68. The maximum atomic E-state index is 13.0. The van der Waals surface area contributed by atoms with Gasteiger partial charge in [-0.25, -0.2) is 14.8 Å². The lowest BCUT2D eigenvalue weighted by Crippen LogP contribution is -2.14. The zero-order chi connectivity index (χ0) is 21.1. The van der Waals surface area contributed by atoms with Crippen LogP contribution in [0.4, 0.5) is 5.82 Å². The number of benzene rings is 1. The number of ether oxygens (including phenoxy) is 1. The van der Waals surface area contributed by atoms with Crippen LogP contribution in [-0.4, -0.2) is 27.1 Å². The van der Waals surface area contributed by atoms with Crippen molar-refractivity contribution >= 4 is 34.0 Å². The van der Waals surface area contributed by atoms with Crippen molar-refractivity contribution in [1.82, 2.24) is 14.5 Å². The van der Waals surface area contributed by atoms with Gasteiger partial charge in [-0.15, -0.1) is 0 Å². The highest BCUT2D eigenvalue weighted by molar-refractivity contribution is 6.08. The second kappa shape index (κ2) is 8.86. The van der Waals surface area contributed by atoms with Gasteiger partial charge in [-0.2, -0.15) is 0 Å². The van der Waals surface area contributed by atoms with Gasteiger partial charge in [0.1, 0.15) is 16.9 Å². The molecule has 0 amide bonds. The minimum Gasteiger partial charge on any atom is -0.462 e. The van der Waals surface area contributed by atoms with Crippen LogP contribution in [-0.2, 0) is 11.3 Å². The number of aromatic nitrogens is 3. The van der Waals surface area contributed by atoms with Gasteiger partial charge in [0, 0.05) is 6.54 Å². The first-order valence-electron chi connectivity index (χ1n) is 11.0. The first-order chi connectivity index (χ1) is 14.6. The topological polar surface area (TPSA) is 83.0 Å². The van der Waals surface area contributed by atoms with Gasteiger partial charge >= 0.3 is 5.97 Å². The van der Waals surface area contributed by atoms with E-state index in [1.807, 2.05) is 28.8 Å².